The molecule has 0 amide bonds. The third kappa shape index (κ3) is 3.09. The highest BCUT2D eigenvalue weighted by Gasteiger charge is 2.28. The number of hydrogen-bond acceptors (Lipinski definition) is 2. The molecule has 0 spiro atoms. The van der Waals surface area contributed by atoms with Crippen molar-refractivity contribution in [3.8, 4) is 5.75 Å². The second-order valence-electron chi connectivity index (χ2n) is 5.10. The fourth-order valence-electron chi connectivity index (χ4n) is 2.72. The van der Waals surface area contributed by atoms with Gasteiger partial charge in [0.1, 0.15) is 5.75 Å². The molecule has 1 aromatic rings. The van der Waals surface area contributed by atoms with Crippen LogP contribution in [-0.4, -0.2) is 20.3 Å². The summed E-state index contributed by atoms with van der Waals surface area (Å²) >= 11 is 10.4. The van der Waals surface area contributed by atoms with Crippen molar-refractivity contribution in [3.63, 3.8) is 0 Å². The average molecular weight is 348 g/mol. The van der Waals surface area contributed by atoms with Crippen molar-refractivity contribution in [1.29, 1.82) is 0 Å². The van der Waals surface area contributed by atoms with Crippen LogP contribution in [0, 0.1) is 19.8 Å². The van der Waals surface area contributed by atoms with Gasteiger partial charge in [0.2, 0.25) is 0 Å². The van der Waals surface area contributed by atoms with E-state index in [2.05, 4.69) is 35.8 Å². The van der Waals surface area contributed by atoms with E-state index in [0.29, 0.717) is 5.92 Å². The molecule has 106 valence electrons. The van der Waals surface area contributed by atoms with Gasteiger partial charge >= 0.3 is 0 Å². The summed E-state index contributed by atoms with van der Waals surface area (Å²) < 4.78 is 12.1. The molecule has 1 heterocycles. The van der Waals surface area contributed by atoms with E-state index in [1.807, 2.05) is 0 Å². The van der Waals surface area contributed by atoms with Gasteiger partial charge in [0.05, 0.1) is 12.5 Å². The average Bonchev–Trinajstić information content (AvgIpc) is 2.42. The first-order chi connectivity index (χ1) is 9.06. The van der Waals surface area contributed by atoms with Crippen molar-refractivity contribution < 1.29 is 9.47 Å². The largest absolute Gasteiger partial charge is 0.496 e. The molecule has 0 bridgehead atoms. The SMILES string of the molecule is COc1c(C)cc(Br)c(C)c1C(Cl)C1CCOCC1. The second kappa shape index (κ2) is 6.47. The van der Waals surface area contributed by atoms with Gasteiger partial charge in [-0.1, -0.05) is 15.9 Å². The van der Waals surface area contributed by atoms with E-state index >= 15 is 0 Å². The first kappa shape index (κ1) is 15.1. The third-order valence-electron chi connectivity index (χ3n) is 3.87. The van der Waals surface area contributed by atoms with Crippen molar-refractivity contribution in [2.75, 3.05) is 20.3 Å². The van der Waals surface area contributed by atoms with Crippen molar-refractivity contribution in [2.45, 2.75) is 32.1 Å². The molecule has 0 saturated carbocycles. The minimum Gasteiger partial charge on any atom is -0.496 e. The molecule has 1 aliphatic rings. The molecule has 0 radical (unpaired) electrons. The third-order valence-corrected chi connectivity index (χ3v) is 5.27. The Hall–Kier alpha value is -0.250. The van der Waals surface area contributed by atoms with Crippen LogP contribution in [0.25, 0.3) is 0 Å². The van der Waals surface area contributed by atoms with Crippen molar-refractivity contribution >= 4 is 27.5 Å². The van der Waals surface area contributed by atoms with Crippen LogP contribution in [0.3, 0.4) is 0 Å². The quantitative estimate of drug-likeness (QED) is 0.733. The zero-order valence-corrected chi connectivity index (χ0v) is 14.0. The molecule has 19 heavy (non-hydrogen) atoms. The highest BCUT2D eigenvalue weighted by molar-refractivity contribution is 9.10. The van der Waals surface area contributed by atoms with Crippen LogP contribution < -0.4 is 4.74 Å². The molecule has 1 unspecified atom stereocenters. The fourth-order valence-corrected chi connectivity index (χ4v) is 3.79. The van der Waals surface area contributed by atoms with E-state index in [1.165, 1.54) is 5.56 Å². The van der Waals surface area contributed by atoms with Gasteiger partial charge in [-0.3, -0.25) is 0 Å². The first-order valence-electron chi connectivity index (χ1n) is 6.61. The van der Waals surface area contributed by atoms with E-state index in [9.17, 15) is 0 Å². The first-order valence-corrected chi connectivity index (χ1v) is 7.84. The van der Waals surface area contributed by atoms with E-state index in [4.69, 9.17) is 21.1 Å². The lowest BCUT2D eigenvalue weighted by Crippen LogP contribution is -2.20. The van der Waals surface area contributed by atoms with Crippen LogP contribution in [0.1, 0.15) is 34.9 Å². The molecule has 1 atom stereocenters. The molecule has 1 aromatic carbocycles. The Bertz CT molecular complexity index is 456. The molecule has 2 rings (SSSR count). The molecule has 1 saturated heterocycles. The maximum atomic E-state index is 6.76. The summed E-state index contributed by atoms with van der Waals surface area (Å²) in [6.07, 6.45) is 2.03. The molecule has 0 aromatic heterocycles. The molecule has 4 heteroatoms. The maximum Gasteiger partial charge on any atom is 0.126 e. The Balaban J connectivity index is 2.41. The molecular formula is C15H20BrClO2. The number of rotatable bonds is 3. The number of aryl methyl sites for hydroxylation is 1. The van der Waals surface area contributed by atoms with Crippen molar-refractivity contribution in [2.24, 2.45) is 5.92 Å². The lowest BCUT2D eigenvalue weighted by molar-refractivity contribution is 0.0648. The molecule has 0 aliphatic carbocycles. The highest BCUT2D eigenvalue weighted by atomic mass is 79.9. The Kier molecular flexibility index (Phi) is 5.15. The minimum absolute atomic E-state index is 0.0185. The smallest absolute Gasteiger partial charge is 0.126 e. The number of hydrogen-bond donors (Lipinski definition) is 0. The van der Waals surface area contributed by atoms with Crippen molar-refractivity contribution in [1.82, 2.24) is 0 Å². The zero-order chi connectivity index (χ0) is 14.0. The number of benzene rings is 1. The van der Waals surface area contributed by atoms with Gasteiger partial charge in [0.25, 0.3) is 0 Å². The van der Waals surface area contributed by atoms with Gasteiger partial charge in [-0.2, -0.15) is 0 Å². The lowest BCUT2D eigenvalue weighted by Gasteiger charge is -2.29. The van der Waals surface area contributed by atoms with Crippen LogP contribution in [-0.2, 0) is 4.74 Å². The summed E-state index contributed by atoms with van der Waals surface area (Å²) in [5.74, 6) is 1.38. The Morgan fingerprint density at radius 3 is 2.58 bits per heavy atom. The Labute approximate surface area is 128 Å². The normalized spacial score (nSPS) is 18.4. The Morgan fingerprint density at radius 1 is 1.37 bits per heavy atom. The molecule has 1 aliphatic heterocycles. The molecular weight excluding hydrogens is 328 g/mol. The predicted molar refractivity (Wildman–Crippen MR) is 82.3 cm³/mol. The topological polar surface area (TPSA) is 18.5 Å². The van der Waals surface area contributed by atoms with Crippen LogP contribution in [0.5, 0.6) is 5.75 Å². The fraction of sp³-hybridized carbons (Fsp3) is 0.600. The summed E-state index contributed by atoms with van der Waals surface area (Å²) in [5.41, 5.74) is 3.42. The van der Waals surface area contributed by atoms with Crippen LogP contribution in [0.2, 0.25) is 0 Å². The predicted octanol–water partition coefficient (Wildman–Crippen LogP) is 4.78. The maximum absolute atomic E-state index is 6.76. The summed E-state index contributed by atoms with van der Waals surface area (Å²) in [6.45, 7) is 5.76. The monoisotopic (exact) mass is 346 g/mol. The van der Waals surface area contributed by atoms with Crippen LogP contribution in [0.15, 0.2) is 10.5 Å². The second-order valence-corrected chi connectivity index (χ2v) is 6.42. The standard InChI is InChI=1S/C15H20BrClO2/c1-9-8-12(16)10(2)13(15(9)18-3)14(17)11-4-6-19-7-5-11/h8,11,14H,4-7H2,1-3H3. The van der Waals surface area contributed by atoms with Gasteiger partial charge < -0.3 is 9.47 Å². The van der Waals surface area contributed by atoms with E-state index < -0.39 is 0 Å². The minimum atomic E-state index is -0.0185. The number of ether oxygens (including phenoxy) is 2. The van der Waals surface area contributed by atoms with Crippen molar-refractivity contribution in [3.05, 3.63) is 27.2 Å². The van der Waals surface area contributed by atoms with Crippen LogP contribution >= 0.6 is 27.5 Å². The number of halogens is 2. The zero-order valence-electron chi connectivity index (χ0n) is 11.6. The van der Waals surface area contributed by atoms with Gasteiger partial charge in [-0.15, -0.1) is 11.6 Å². The van der Waals surface area contributed by atoms with Gasteiger partial charge in [0, 0.05) is 23.2 Å². The van der Waals surface area contributed by atoms with Gasteiger partial charge in [-0.25, -0.2) is 0 Å². The molecule has 0 N–H and O–H groups in total. The number of methoxy groups -OCH3 is 1. The lowest BCUT2D eigenvalue weighted by atomic mass is 9.88. The van der Waals surface area contributed by atoms with E-state index in [-0.39, 0.29) is 5.38 Å². The van der Waals surface area contributed by atoms with Gasteiger partial charge in [0.15, 0.2) is 0 Å². The van der Waals surface area contributed by atoms with Crippen LogP contribution in [0.4, 0.5) is 0 Å². The summed E-state index contributed by atoms with van der Waals surface area (Å²) in [5, 5.41) is -0.0185. The highest BCUT2D eigenvalue weighted by Crippen LogP contribution is 2.44. The number of alkyl halides is 1. The van der Waals surface area contributed by atoms with Gasteiger partial charge in [-0.05, 0) is 49.8 Å². The summed E-state index contributed by atoms with van der Waals surface area (Å²) in [7, 11) is 1.72. The summed E-state index contributed by atoms with van der Waals surface area (Å²) in [6, 6.07) is 2.09. The Morgan fingerprint density at radius 2 is 2.00 bits per heavy atom. The van der Waals surface area contributed by atoms with E-state index in [1.54, 1.807) is 7.11 Å². The summed E-state index contributed by atoms with van der Waals surface area (Å²) in [4.78, 5) is 0. The molecule has 2 nitrogen and oxygen atoms in total. The molecule has 1 fully saturated rings. The van der Waals surface area contributed by atoms with E-state index in [0.717, 1.165) is 47.4 Å².